The van der Waals surface area contributed by atoms with Gasteiger partial charge >= 0.3 is 6.36 Å². The monoisotopic (exact) mass is 293 g/mol. The first kappa shape index (κ1) is 16.7. The van der Waals surface area contributed by atoms with Crippen LogP contribution in [-0.2, 0) is 10.3 Å². The van der Waals surface area contributed by atoms with Crippen molar-refractivity contribution in [3.05, 3.63) is 29.8 Å². The van der Waals surface area contributed by atoms with E-state index in [-0.39, 0.29) is 12.4 Å². The molecule has 0 saturated heterocycles. The highest BCUT2D eigenvalue weighted by Crippen LogP contribution is 2.26. The van der Waals surface area contributed by atoms with Crippen molar-refractivity contribution in [3.8, 4) is 5.75 Å². The molecule has 0 heterocycles. The van der Waals surface area contributed by atoms with E-state index in [9.17, 15) is 18.3 Å². The summed E-state index contributed by atoms with van der Waals surface area (Å²) in [5.74, 6) is -0.293. The molecule has 0 fully saturated rings. The first-order chi connectivity index (χ1) is 9.30. The first-order valence-electron chi connectivity index (χ1n) is 6.02. The van der Waals surface area contributed by atoms with E-state index < -0.39 is 11.9 Å². The van der Waals surface area contributed by atoms with Crippen LogP contribution in [0.2, 0.25) is 0 Å². The molecule has 0 amide bonds. The summed E-state index contributed by atoms with van der Waals surface area (Å²) in [4.78, 5) is 0. The van der Waals surface area contributed by atoms with Crippen LogP contribution in [0.5, 0.6) is 5.75 Å². The number of hydrogen-bond donors (Lipinski definition) is 2. The van der Waals surface area contributed by atoms with Gasteiger partial charge in [0, 0.05) is 13.7 Å². The lowest BCUT2D eigenvalue weighted by Gasteiger charge is -2.29. The number of aliphatic hydroxyl groups excluding tert-OH is 1. The van der Waals surface area contributed by atoms with Crippen LogP contribution in [0.1, 0.15) is 12.5 Å². The summed E-state index contributed by atoms with van der Waals surface area (Å²) in [6.45, 7) is 2.53. The van der Waals surface area contributed by atoms with Gasteiger partial charge in [-0.3, -0.25) is 0 Å². The zero-order valence-corrected chi connectivity index (χ0v) is 11.3. The van der Waals surface area contributed by atoms with Gasteiger partial charge in [-0.25, -0.2) is 0 Å². The number of hydrogen-bond acceptors (Lipinski definition) is 4. The molecule has 7 heteroatoms. The van der Waals surface area contributed by atoms with Crippen molar-refractivity contribution >= 4 is 0 Å². The van der Waals surface area contributed by atoms with E-state index in [2.05, 4.69) is 10.1 Å². The Morgan fingerprint density at radius 3 is 2.25 bits per heavy atom. The van der Waals surface area contributed by atoms with E-state index in [1.54, 1.807) is 14.0 Å². The summed E-state index contributed by atoms with van der Waals surface area (Å²) in [5.41, 5.74) is -0.0967. The van der Waals surface area contributed by atoms with Crippen LogP contribution in [0.3, 0.4) is 0 Å². The van der Waals surface area contributed by atoms with E-state index in [0.29, 0.717) is 18.7 Å². The first-order valence-corrected chi connectivity index (χ1v) is 6.02. The fraction of sp³-hybridized carbons (Fsp3) is 0.538. The highest BCUT2D eigenvalue weighted by Gasteiger charge is 2.31. The number of benzene rings is 1. The largest absolute Gasteiger partial charge is 0.573 e. The van der Waals surface area contributed by atoms with Crippen molar-refractivity contribution in [2.45, 2.75) is 18.8 Å². The Labute approximate surface area is 115 Å². The third-order valence-corrected chi connectivity index (χ3v) is 2.86. The van der Waals surface area contributed by atoms with Gasteiger partial charge in [-0.05, 0) is 24.6 Å². The molecule has 1 rings (SSSR count). The van der Waals surface area contributed by atoms with Crippen LogP contribution in [0.15, 0.2) is 24.3 Å². The molecule has 1 aromatic carbocycles. The summed E-state index contributed by atoms with van der Waals surface area (Å²) in [6, 6.07) is 5.40. The zero-order valence-electron chi connectivity index (χ0n) is 11.3. The molecule has 0 aliphatic carbocycles. The standard InChI is InChI=1S/C13H18F3NO3/c1-12(9-18,17-7-8-19-2)10-3-5-11(6-4-10)20-13(14,15)16/h3-6,17-18H,7-9H2,1-2H3. The SMILES string of the molecule is COCCNC(C)(CO)c1ccc(OC(F)(F)F)cc1. The molecule has 2 N–H and O–H groups in total. The molecule has 114 valence electrons. The highest BCUT2D eigenvalue weighted by atomic mass is 19.4. The summed E-state index contributed by atoms with van der Waals surface area (Å²) in [7, 11) is 1.56. The summed E-state index contributed by atoms with van der Waals surface area (Å²) >= 11 is 0. The van der Waals surface area contributed by atoms with E-state index in [4.69, 9.17) is 4.74 Å². The predicted octanol–water partition coefficient (Wildman–Crippen LogP) is 2.03. The molecule has 1 atom stereocenters. The van der Waals surface area contributed by atoms with Crippen molar-refractivity contribution in [2.24, 2.45) is 0 Å². The number of ether oxygens (including phenoxy) is 2. The van der Waals surface area contributed by atoms with Crippen LogP contribution in [0.4, 0.5) is 13.2 Å². The Balaban J connectivity index is 2.78. The summed E-state index contributed by atoms with van der Waals surface area (Å²) in [6.07, 6.45) is -4.71. The van der Waals surface area contributed by atoms with Crippen LogP contribution < -0.4 is 10.1 Å². The van der Waals surface area contributed by atoms with Crippen LogP contribution in [-0.4, -0.2) is 38.3 Å². The molecule has 0 bridgehead atoms. The average molecular weight is 293 g/mol. The van der Waals surface area contributed by atoms with E-state index in [1.165, 1.54) is 24.3 Å². The lowest BCUT2D eigenvalue weighted by atomic mass is 9.93. The lowest BCUT2D eigenvalue weighted by Crippen LogP contribution is -2.44. The third kappa shape index (κ3) is 4.99. The normalized spacial score (nSPS) is 14.9. The Kier molecular flexibility index (Phi) is 5.79. The molecule has 0 aromatic heterocycles. The molecule has 0 aliphatic heterocycles. The number of nitrogens with one attached hydrogen (secondary N) is 1. The van der Waals surface area contributed by atoms with Crippen molar-refractivity contribution in [1.29, 1.82) is 0 Å². The molecule has 0 spiro atoms. The van der Waals surface area contributed by atoms with E-state index in [0.717, 1.165) is 0 Å². The second kappa shape index (κ2) is 6.92. The number of aliphatic hydroxyl groups is 1. The minimum absolute atomic E-state index is 0.198. The second-order valence-corrected chi connectivity index (χ2v) is 4.48. The number of methoxy groups -OCH3 is 1. The topological polar surface area (TPSA) is 50.7 Å². The molecular weight excluding hydrogens is 275 g/mol. The molecule has 1 aromatic rings. The number of halogens is 3. The Bertz CT molecular complexity index is 408. The minimum atomic E-state index is -4.71. The zero-order chi connectivity index (χ0) is 15.2. The smallest absolute Gasteiger partial charge is 0.406 e. The maximum Gasteiger partial charge on any atom is 0.573 e. The van der Waals surface area contributed by atoms with Gasteiger partial charge in [0.15, 0.2) is 0 Å². The lowest BCUT2D eigenvalue weighted by molar-refractivity contribution is -0.274. The summed E-state index contributed by atoms with van der Waals surface area (Å²) < 4.78 is 44.9. The molecule has 0 saturated carbocycles. The van der Waals surface area contributed by atoms with Crippen LogP contribution in [0, 0.1) is 0 Å². The summed E-state index contributed by atoms with van der Waals surface area (Å²) in [5, 5.41) is 12.6. The quantitative estimate of drug-likeness (QED) is 0.755. The predicted molar refractivity (Wildman–Crippen MR) is 67.4 cm³/mol. The van der Waals surface area contributed by atoms with Crippen molar-refractivity contribution < 1.29 is 27.8 Å². The second-order valence-electron chi connectivity index (χ2n) is 4.48. The van der Waals surface area contributed by atoms with Gasteiger partial charge in [-0.15, -0.1) is 13.2 Å². The maximum absolute atomic E-state index is 12.1. The van der Waals surface area contributed by atoms with Gasteiger partial charge < -0.3 is 19.9 Å². The maximum atomic E-state index is 12.1. The van der Waals surface area contributed by atoms with Gasteiger partial charge in [-0.1, -0.05) is 12.1 Å². The van der Waals surface area contributed by atoms with Crippen molar-refractivity contribution in [2.75, 3.05) is 26.9 Å². The Morgan fingerprint density at radius 2 is 1.80 bits per heavy atom. The molecule has 1 unspecified atom stereocenters. The van der Waals surface area contributed by atoms with Gasteiger partial charge in [-0.2, -0.15) is 0 Å². The van der Waals surface area contributed by atoms with Gasteiger partial charge in [0.2, 0.25) is 0 Å². The van der Waals surface area contributed by atoms with Crippen LogP contribution >= 0.6 is 0 Å². The fourth-order valence-corrected chi connectivity index (χ4v) is 1.70. The number of alkyl halides is 3. The number of rotatable bonds is 7. The molecule has 20 heavy (non-hydrogen) atoms. The highest BCUT2D eigenvalue weighted by molar-refractivity contribution is 5.31. The third-order valence-electron chi connectivity index (χ3n) is 2.86. The van der Waals surface area contributed by atoms with Crippen molar-refractivity contribution in [3.63, 3.8) is 0 Å². The van der Waals surface area contributed by atoms with Gasteiger partial charge in [0.05, 0.1) is 18.8 Å². The fourth-order valence-electron chi connectivity index (χ4n) is 1.70. The Hall–Kier alpha value is -1.31. The average Bonchev–Trinajstić information content (AvgIpc) is 2.38. The minimum Gasteiger partial charge on any atom is -0.406 e. The molecule has 4 nitrogen and oxygen atoms in total. The molecule has 0 radical (unpaired) electrons. The van der Waals surface area contributed by atoms with Gasteiger partial charge in [0.25, 0.3) is 0 Å². The van der Waals surface area contributed by atoms with E-state index >= 15 is 0 Å². The van der Waals surface area contributed by atoms with E-state index in [1.807, 2.05) is 0 Å². The Morgan fingerprint density at radius 1 is 1.20 bits per heavy atom. The van der Waals surface area contributed by atoms with Gasteiger partial charge in [0.1, 0.15) is 5.75 Å². The molecule has 0 aliphatic rings. The van der Waals surface area contributed by atoms with Crippen LogP contribution in [0.25, 0.3) is 0 Å². The molecular formula is C13H18F3NO3. The van der Waals surface area contributed by atoms with Crippen molar-refractivity contribution in [1.82, 2.24) is 5.32 Å².